The smallest absolute Gasteiger partial charge is 0.326 e. The molecule has 0 aliphatic heterocycles. The van der Waals surface area contributed by atoms with E-state index in [2.05, 4.69) is 78.8 Å². The van der Waals surface area contributed by atoms with Crippen molar-refractivity contribution < 1.29 is 53.1 Å². The van der Waals surface area contributed by atoms with Crippen LogP contribution in [0, 0.1) is 16.2 Å². The van der Waals surface area contributed by atoms with Gasteiger partial charge < -0.3 is 107 Å². The molecule has 0 unspecified atom stereocenters. The monoisotopic (exact) mass is 1630 g/mol. The number of aliphatic carboxylic acids is 1. The number of para-hydroxylation sites is 3. The lowest BCUT2D eigenvalue weighted by molar-refractivity contribution is -0.142. The van der Waals surface area contributed by atoms with Gasteiger partial charge in [0.05, 0.1) is 6.04 Å². The van der Waals surface area contributed by atoms with Crippen LogP contribution in [0.3, 0.4) is 0 Å². The number of nitrogens with one attached hydrogen (secondary N) is 18. The molecule has 0 bridgehead atoms. The second-order valence-electron chi connectivity index (χ2n) is 29.4. The second kappa shape index (κ2) is 44.1. The van der Waals surface area contributed by atoms with E-state index in [-0.39, 0.29) is 121 Å². The van der Waals surface area contributed by atoms with Crippen molar-refractivity contribution in [2.45, 2.75) is 144 Å². The average molecular weight is 1630 g/mol. The van der Waals surface area contributed by atoms with Crippen molar-refractivity contribution in [3.8, 4) is 0 Å². The van der Waals surface area contributed by atoms with E-state index in [9.17, 15) is 24.3 Å². The standard InChI is InChI=1S/C87H104N22O11/c88-62(46-56-49-98-63-33-16-13-30-59(56)63)75(110)104-69(42-52-22-5-1-6-23-52)79(114)102-66(36-19-39-95-85(89)90)76(111)101-67(37-20-40-96-86(91)92)77(112)107-72(47-57-50-99-64-34-17-14-31-60(57)64)82(117)105-70(43-53-24-7-2-8-25-53)80(115)103-68(38-21-41-97-87(93)94)78(113)108-73(48-58-51-100-65-35-18-15-32-61(58)65)83(118)106-71(44-54-26-9-3-10-27-54)81(116)109-74(84(119)120)45-55-28-11-4-12-29-55/h1-18,22-35,49-51,62,66-74,98-100H,19-21,36-48,88H2,(H,101,111)(H,102,114)(H,103,115)(H,104,110)(H,105,117)(H,106,118)(H,107,112)(H,108,113)(H,109,116)(H,119,120)(H4,89,90,95)(H4,91,92,96)(H4,93,94,97)/t62-,66-,67-,68-,69-,70-,71-,72-,73-,74-/m0/s1. The number of nitrogens with two attached hydrogens (primary N) is 4. The Balaban J connectivity index is 0.937. The number of aromatic amines is 3. The highest BCUT2D eigenvalue weighted by Crippen LogP contribution is 2.24. The number of carboxylic acid groups (broad SMARTS) is 1. The molecule has 120 heavy (non-hydrogen) atoms. The fraction of sp³-hybridized carbons (Fsp3) is 0.299. The molecular weight excluding hydrogens is 1530 g/mol. The number of amides is 9. The summed E-state index contributed by atoms with van der Waals surface area (Å²) in [6.45, 7) is 0.145. The average Bonchev–Trinajstić information content (AvgIpc) is 1.69. The number of carboxylic acids is 1. The number of aromatic nitrogens is 3. The zero-order valence-corrected chi connectivity index (χ0v) is 66.1. The highest BCUT2D eigenvalue weighted by molar-refractivity contribution is 6.00. The number of guanidine groups is 3. The summed E-state index contributed by atoms with van der Waals surface area (Å²) >= 11 is 0. The van der Waals surface area contributed by atoms with Crippen LogP contribution in [0.15, 0.2) is 213 Å². The van der Waals surface area contributed by atoms with Crippen LogP contribution in [0.25, 0.3) is 32.7 Å². The Bertz CT molecular complexity index is 5180. The zero-order valence-electron chi connectivity index (χ0n) is 66.1. The Morgan fingerprint density at radius 1 is 0.292 bits per heavy atom. The van der Waals surface area contributed by atoms with Crippen LogP contribution in [0.2, 0.25) is 0 Å². The normalized spacial score (nSPS) is 13.6. The number of fused-ring (bicyclic) bond motifs is 3. The highest BCUT2D eigenvalue weighted by atomic mass is 16.4. The number of rotatable bonds is 45. The maximum atomic E-state index is 15.7. The van der Waals surface area contributed by atoms with E-state index in [0.717, 1.165) is 16.5 Å². The van der Waals surface area contributed by atoms with Crippen LogP contribution in [-0.4, -0.2) is 177 Å². The Morgan fingerprint density at radius 2 is 0.517 bits per heavy atom. The first-order chi connectivity index (χ1) is 57.9. The van der Waals surface area contributed by atoms with E-state index in [1.165, 1.54) is 0 Å². The maximum absolute atomic E-state index is 15.7. The number of carbonyl (C=O) groups excluding carboxylic acids is 9. The summed E-state index contributed by atoms with van der Waals surface area (Å²) in [6.07, 6.45) is 4.21. The molecule has 3 heterocycles. The number of hydrogen-bond acceptors (Lipinski definition) is 14. The van der Waals surface area contributed by atoms with Crippen molar-refractivity contribution in [1.29, 1.82) is 16.2 Å². The molecule has 628 valence electrons. The first-order valence-electron chi connectivity index (χ1n) is 39.7. The molecule has 3 aromatic heterocycles. The van der Waals surface area contributed by atoms with Crippen molar-refractivity contribution in [2.24, 2.45) is 22.9 Å². The van der Waals surface area contributed by atoms with Crippen LogP contribution in [0.1, 0.15) is 77.5 Å². The maximum Gasteiger partial charge on any atom is 0.326 e. The molecule has 10 rings (SSSR count). The third-order valence-corrected chi connectivity index (χ3v) is 20.4. The lowest BCUT2D eigenvalue weighted by Crippen LogP contribution is -2.61. The fourth-order valence-electron chi connectivity index (χ4n) is 14.2. The molecule has 0 spiro atoms. The molecule has 0 aliphatic rings. The number of hydrogen-bond donors (Lipinski definition) is 23. The van der Waals surface area contributed by atoms with E-state index in [4.69, 9.17) is 39.2 Å². The van der Waals surface area contributed by atoms with Crippen molar-refractivity contribution >= 4 is 110 Å². The lowest BCUT2D eigenvalue weighted by atomic mass is 10.00. The number of benzene rings is 7. The van der Waals surface area contributed by atoms with Gasteiger partial charge in [-0.25, -0.2) is 4.79 Å². The van der Waals surface area contributed by atoms with Gasteiger partial charge in [0.15, 0.2) is 17.9 Å². The van der Waals surface area contributed by atoms with Gasteiger partial charge >= 0.3 is 5.97 Å². The highest BCUT2D eigenvalue weighted by Gasteiger charge is 2.37. The molecule has 0 aliphatic carbocycles. The van der Waals surface area contributed by atoms with Crippen LogP contribution in [-0.2, 0) is 92.9 Å². The largest absolute Gasteiger partial charge is 0.480 e. The predicted octanol–water partition coefficient (Wildman–Crippen LogP) is 2.69. The Kier molecular flexibility index (Phi) is 32.3. The topological polar surface area (TPSA) is 558 Å². The molecule has 33 heteroatoms. The van der Waals surface area contributed by atoms with E-state index in [1.807, 2.05) is 48.5 Å². The Labute approximate surface area is 692 Å². The van der Waals surface area contributed by atoms with Gasteiger partial charge in [-0.05, 0) is 102 Å². The third-order valence-electron chi connectivity index (χ3n) is 20.4. The van der Waals surface area contributed by atoms with Crippen LogP contribution in [0.5, 0.6) is 0 Å². The van der Waals surface area contributed by atoms with Crippen LogP contribution < -0.4 is 86.7 Å². The third kappa shape index (κ3) is 26.6. The molecule has 0 radical (unpaired) electrons. The van der Waals surface area contributed by atoms with Gasteiger partial charge in [0.25, 0.3) is 0 Å². The molecule has 10 atom stereocenters. The molecule has 7 aromatic carbocycles. The molecular formula is C87H104N22O11. The quantitative estimate of drug-likeness (QED) is 0.0148. The SMILES string of the molecule is N=C(N)NCCC[C@H](NC(=O)[C@H](Cc1ccccc1)NC(=O)[C@H](Cc1c[nH]c2ccccc12)NC(=O)[C@H](CCCNC(=N)N)NC(=O)[C@H](CCCNC(=N)N)NC(=O)[C@H](Cc1ccccc1)NC(=O)[C@@H](N)Cc1c[nH]c2ccccc12)C(=O)N[C@@H](Cc1c[nH]c2ccccc12)C(=O)N[C@@H](Cc1ccccc1)C(=O)N[C@@H](Cc1ccccc1)C(=O)O. The first-order valence-corrected chi connectivity index (χ1v) is 39.7. The van der Waals surface area contributed by atoms with Crippen molar-refractivity contribution in [2.75, 3.05) is 19.6 Å². The molecule has 0 saturated carbocycles. The van der Waals surface area contributed by atoms with Gasteiger partial charge in [0, 0.05) is 109 Å². The Hall–Kier alpha value is -14.4. The second-order valence-corrected chi connectivity index (χ2v) is 29.4. The van der Waals surface area contributed by atoms with Gasteiger partial charge in [-0.2, -0.15) is 0 Å². The Morgan fingerprint density at radius 3 is 0.800 bits per heavy atom. The minimum Gasteiger partial charge on any atom is -0.480 e. The molecule has 0 fully saturated rings. The summed E-state index contributed by atoms with van der Waals surface area (Å²) in [7, 11) is 0. The number of H-pyrrole nitrogens is 3. The zero-order chi connectivity index (χ0) is 85.5. The van der Waals surface area contributed by atoms with Crippen molar-refractivity contribution in [3.63, 3.8) is 0 Å². The van der Waals surface area contributed by atoms with E-state index >= 15 is 28.8 Å². The number of carbonyl (C=O) groups is 10. The van der Waals surface area contributed by atoms with Crippen molar-refractivity contribution in [3.05, 3.63) is 252 Å². The van der Waals surface area contributed by atoms with Crippen molar-refractivity contribution in [1.82, 2.24) is 78.8 Å². The van der Waals surface area contributed by atoms with E-state index < -0.39 is 120 Å². The lowest BCUT2D eigenvalue weighted by Gasteiger charge is -2.29. The first kappa shape index (κ1) is 88.0. The fourth-order valence-corrected chi connectivity index (χ4v) is 14.2. The summed E-state index contributed by atoms with van der Waals surface area (Å²) in [5.74, 6) is -10.1. The van der Waals surface area contributed by atoms with E-state index in [0.29, 0.717) is 55.2 Å². The van der Waals surface area contributed by atoms with E-state index in [1.54, 1.807) is 164 Å². The molecule has 9 amide bonds. The minimum atomic E-state index is -1.57. The van der Waals surface area contributed by atoms with Crippen LogP contribution >= 0.6 is 0 Å². The summed E-state index contributed by atoms with van der Waals surface area (Å²) in [5, 5.41) is 69.7. The minimum absolute atomic E-state index is 0.0344. The molecule has 27 N–H and O–H groups in total. The predicted molar refractivity (Wildman–Crippen MR) is 457 cm³/mol. The van der Waals surface area contributed by atoms with Gasteiger partial charge in [0.2, 0.25) is 53.2 Å². The molecule has 0 saturated heterocycles. The summed E-state index contributed by atoms with van der Waals surface area (Å²) < 4.78 is 0. The van der Waals surface area contributed by atoms with Gasteiger partial charge in [-0.3, -0.25) is 59.4 Å². The molecule has 33 nitrogen and oxygen atoms in total. The summed E-state index contributed by atoms with van der Waals surface area (Å²) in [5.41, 5.74) is 30.2. The van der Waals surface area contributed by atoms with Gasteiger partial charge in [-0.15, -0.1) is 0 Å². The molecule has 10 aromatic rings. The van der Waals surface area contributed by atoms with Crippen LogP contribution in [0.4, 0.5) is 0 Å². The van der Waals surface area contributed by atoms with Gasteiger partial charge in [-0.1, -0.05) is 176 Å². The summed E-state index contributed by atoms with van der Waals surface area (Å²) in [6, 6.07) is 42.5. The summed E-state index contributed by atoms with van der Waals surface area (Å²) in [4.78, 5) is 159. The van der Waals surface area contributed by atoms with Gasteiger partial charge in [0.1, 0.15) is 54.4 Å².